The van der Waals surface area contributed by atoms with Gasteiger partial charge in [-0.05, 0) is 42.7 Å². The maximum absolute atomic E-state index is 11.3. The van der Waals surface area contributed by atoms with Gasteiger partial charge in [0.2, 0.25) is 0 Å². The molecule has 0 aromatic heterocycles. The van der Waals surface area contributed by atoms with Gasteiger partial charge in [0.25, 0.3) is 0 Å². The smallest absolute Gasteiger partial charge is 0.330 e. The summed E-state index contributed by atoms with van der Waals surface area (Å²) in [6.45, 7) is 5.38. The highest BCUT2D eigenvalue weighted by Gasteiger charge is 2.22. The van der Waals surface area contributed by atoms with Gasteiger partial charge in [0.1, 0.15) is 0 Å². The lowest BCUT2D eigenvalue weighted by Crippen LogP contribution is -2.25. The molecule has 0 saturated carbocycles. The number of benzene rings is 2. The Morgan fingerprint density at radius 2 is 1.96 bits per heavy atom. The van der Waals surface area contributed by atoms with Gasteiger partial charge in [0.15, 0.2) is 0 Å². The first-order valence-electron chi connectivity index (χ1n) is 9.20. The Kier molecular flexibility index (Phi) is 6.45. The van der Waals surface area contributed by atoms with Crippen molar-refractivity contribution >= 4 is 17.7 Å². The predicted molar refractivity (Wildman–Crippen MR) is 106 cm³/mol. The van der Waals surface area contributed by atoms with Crippen LogP contribution in [0.5, 0.6) is 0 Å². The van der Waals surface area contributed by atoms with Gasteiger partial charge in [-0.3, -0.25) is 4.90 Å². The van der Waals surface area contributed by atoms with Gasteiger partial charge in [0.05, 0.1) is 6.61 Å². The zero-order valence-electron chi connectivity index (χ0n) is 15.2. The molecule has 3 rings (SSSR count). The van der Waals surface area contributed by atoms with Crippen molar-refractivity contribution in [2.75, 3.05) is 25.0 Å². The molecule has 26 heavy (non-hydrogen) atoms. The number of rotatable bonds is 7. The quantitative estimate of drug-likeness (QED) is 0.606. The largest absolute Gasteiger partial charge is 0.463 e. The van der Waals surface area contributed by atoms with Crippen LogP contribution < -0.4 is 5.32 Å². The Morgan fingerprint density at radius 3 is 2.69 bits per heavy atom. The van der Waals surface area contributed by atoms with E-state index in [9.17, 15) is 4.79 Å². The van der Waals surface area contributed by atoms with Crippen LogP contribution in [0.25, 0.3) is 6.08 Å². The van der Waals surface area contributed by atoms with E-state index < -0.39 is 0 Å². The molecule has 1 N–H and O–H groups in total. The molecule has 0 aliphatic carbocycles. The molecule has 1 atom stereocenters. The summed E-state index contributed by atoms with van der Waals surface area (Å²) in [7, 11) is 0. The first-order valence-corrected chi connectivity index (χ1v) is 9.20. The van der Waals surface area contributed by atoms with Crippen molar-refractivity contribution in [2.45, 2.75) is 25.9 Å². The number of nitrogens with one attached hydrogen (secondary N) is 1. The minimum atomic E-state index is -0.306. The van der Waals surface area contributed by atoms with Gasteiger partial charge in [-0.15, -0.1) is 0 Å². The number of hydrogen-bond acceptors (Lipinski definition) is 4. The number of hydrogen-bond donors (Lipinski definition) is 1. The van der Waals surface area contributed by atoms with E-state index >= 15 is 0 Å². The average molecular weight is 350 g/mol. The number of esters is 1. The minimum absolute atomic E-state index is 0.306. The number of likely N-dealkylation sites (tertiary alicyclic amines) is 1. The van der Waals surface area contributed by atoms with Gasteiger partial charge in [0, 0.05) is 37.4 Å². The minimum Gasteiger partial charge on any atom is -0.463 e. The number of anilines is 1. The number of carbonyl (C=O) groups excluding carboxylic acids is 1. The lowest BCUT2D eigenvalue weighted by Gasteiger charge is -2.17. The topological polar surface area (TPSA) is 41.6 Å². The zero-order chi connectivity index (χ0) is 18.2. The van der Waals surface area contributed by atoms with Crippen LogP contribution in [0, 0.1) is 0 Å². The molecule has 1 heterocycles. The molecule has 0 radical (unpaired) electrons. The second-order valence-electron chi connectivity index (χ2n) is 6.56. The summed E-state index contributed by atoms with van der Waals surface area (Å²) in [6, 6.07) is 19.2. The second kappa shape index (κ2) is 9.20. The van der Waals surface area contributed by atoms with Crippen molar-refractivity contribution < 1.29 is 9.53 Å². The maximum atomic E-state index is 11.3. The molecule has 4 nitrogen and oxygen atoms in total. The van der Waals surface area contributed by atoms with Crippen LogP contribution in [0.1, 0.15) is 24.5 Å². The summed E-state index contributed by atoms with van der Waals surface area (Å²) >= 11 is 0. The monoisotopic (exact) mass is 350 g/mol. The molecule has 0 bridgehead atoms. The molecule has 136 valence electrons. The summed E-state index contributed by atoms with van der Waals surface area (Å²) in [5.74, 6) is -0.306. The van der Waals surface area contributed by atoms with E-state index in [2.05, 4.69) is 52.7 Å². The van der Waals surface area contributed by atoms with Gasteiger partial charge in [-0.1, -0.05) is 42.5 Å². The first-order chi connectivity index (χ1) is 12.7. The van der Waals surface area contributed by atoms with Crippen LogP contribution in [0.3, 0.4) is 0 Å². The molecule has 0 spiro atoms. The van der Waals surface area contributed by atoms with Crippen LogP contribution in [-0.2, 0) is 16.1 Å². The Hall–Kier alpha value is -2.59. The third kappa shape index (κ3) is 5.46. The summed E-state index contributed by atoms with van der Waals surface area (Å²) in [6.07, 6.45) is 4.39. The van der Waals surface area contributed by atoms with E-state index in [1.54, 1.807) is 13.0 Å². The first kappa shape index (κ1) is 18.2. The van der Waals surface area contributed by atoms with E-state index in [0.717, 1.165) is 37.3 Å². The highest BCUT2D eigenvalue weighted by molar-refractivity contribution is 5.87. The van der Waals surface area contributed by atoms with Gasteiger partial charge in [-0.25, -0.2) is 4.79 Å². The van der Waals surface area contributed by atoms with E-state index in [1.165, 1.54) is 11.6 Å². The molecule has 1 saturated heterocycles. The second-order valence-corrected chi connectivity index (χ2v) is 6.56. The zero-order valence-corrected chi connectivity index (χ0v) is 15.2. The summed E-state index contributed by atoms with van der Waals surface area (Å²) in [5, 5.41) is 3.61. The molecule has 0 unspecified atom stereocenters. The third-order valence-corrected chi connectivity index (χ3v) is 4.50. The summed E-state index contributed by atoms with van der Waals surface area (Å²) < 4.78 is 4.89. The molecule has 1 aliphatic heterocycles. The third-order valence-electron chi connectivity index (χ3n) is 4.50. The van der Waals surface area contributed by atoms with E-state index in [0.29, 0.717) is 12.6 Å². The highest BCUT2D eigenvalue weighted by Crippen LogP contribution is 2.19. The van der Waals surface area contributed by atoms with E-state index in [4.69, 9.17) is 4.74 Å². The van der Waals surface area contributed by atoms with Crippen LogP contribution >= 0.6 is 0 Å². The fourth-order valence-corrected chi connectivity index (χ4v) is 3.22. The summed E-state index contributed by atoms with van der Waals surface area (Å²) in [5.41, 5.74) is 3.47. The fourth-order valence-electron chi connectivity index (χ4n) is 3.22. The van der Waals surface area contributed by atoms with Gasteiger partial charge < -0.3 is 10.1 Å². The van der Waals surface area contributed by atoms with Crippen LogP contribution in [0.2, 0.25) is 0 Å². The average Bonchev–Trinajstić information content (AvgIpc) is 3.09. The van der Waals surface area contributed by atoms with Crippen LogP contribution in [-0.4, -0.2) is 36.6 Å². The van der Waals surface area contributed by atoms with Crippen molar-refractivity contribution in [3.63, 3.8) is 0 Å². The number of nitrogens with zero attached hydrogens (tertiary/aromatic N) is 1. The Bertz CT molecular complexity index is 726. The predicted octanol–water partition coefficient (Wildman–Crippen LogP) is 3.95. The molecular weight excluding hydrogens is 324 g/mol. The number of carbonyl (C=O) groups is 1. The van der Waals surface area contributed by atoms with E-state index in [1.807, 2.05) is 12.1 Å². The number of ether oxygens (including phenoxy) is 1. The lowest BCUT2D eigenvalue weighted by atomic mass is 10.1. The van der Waals surface area contributed by atoms with Crippen molar-refractivity contribution in [2.24, 2.45) is 0 Å². The molecule has 0 amide bonds. The van der Waals surface area contributed by atoms with Crippen molar-refractivity contribution in [1.82, 2.24) is 4.90 Å². The molecule has 2 aromatic rings. The molecule has 2 aromatic carbocycles. The van der Waals surface area contributed by atoms with Crippen molar-refractivity contribution in [1.29, 1.82) is 0 Å². The van der Waals surface area contributed by atoms with Crippen molar-refractivity contribution in [3.05, 3.63) is 71.8 Å². The van der Waals surface area contributed by atoms with Crippen LogP contribution in [0.15, 0.2) is 60.7 Å². The van der Waals surface area contributed by atoms with Gasteiger partial charge >= 0.3 is 5.97 Å². The SMILES string of the molecule is CCOC(=O)/C=C/c1ccc(N[C@@H]2CCN(Cc3ccccc3)C2)cc1. The Balaban J connectivity index is 1.48. The standard InChI is InChI=1S/C22H26N2O2/c1-2-26-22(25)13-10-18-8-11-20(12-9-18)23-21-14-15-24(17-21)16-19-6-4-3-5-7-19/h3-13,21,23H,2,14-17H2,1H3/b13-10+/t21-/m1/s1. The Morgan fingerprint density at radius 1 is 1.19 bits per heavy atom. The summed E-state index contributed by atoms with van der Waals surface area (Å²) in [4.78, 5) is 13.8. The molecule has 1 aliphatic rings. The van der Waals surface area contributed by atoms with Crippen molar-refractivity contribution in [3.8, 4) is 0 Å². The fraction of sp³-hybridized carbons (Fsp3) is 0.318. The highest BCUT2D eigenvalue weighted by atomic mass is 16.5. The molecule has 1 fully saturated rings. The normalized spacial score (nSPS) is 17.5. The molecule has 4 heteroatoms. The molecular formula is C22H26N2O2. The van der Waals surface area contributed by atoms with E-state index in [-0.39, 0.29) is 5.97 Å². The van der Waals surface area contributed by atoms with Gasteiger partial charge in [-0.2, -0.15) is 0 Å². The lowest BCUT2D eigenvalue weighted by molar-refractivity contribution is -0.137. The Labute approximate surface area is 155 Å². The maximum Gasteiger partial charge on any atom is 0.330 e. The van der Waals surface area contributed by atoms with Crippen LogP contribution in [0.4, 0.5) is 5.69 Å².